The van der Waals surface area contributed by atoms with Gasteiger partial charge in [-0.2, -0.15) is 0 Å². The number of carbonyl (C=O) groups is 1. The third kappa shape index (κ3) is 4.47. The number of para-hydroxylation sites is 1. The Bertz CT molecular complexity index is 1040. The van der Waals surface area contributed by atoms with Crippen LogP contribution in [0.15, 0.2) is 42.5 Å². The number of carbonyl (C=O) groups excluding carboxylic acids is 1. The molecule has 0 atom stereocenters. The van der Waals surface area contributed by atoms with Crippen LogP contribution in [0.5, 0.6) is 5.75 Å². The number of morpholine rings is 1. The second kappa shape index (κ2) is 8.45. The van der Waals surface area contributed by atoms with Crippen LogP contribution in [0.2, 0.25) is 0 Å². The number of fused-ring (bicyclic) bond motifs is 1. The lowest BCUT2D eigenvalue weighted by molar-refractivity contribution is 0.0332. The third-order valence-corrected chi connectivity index (χ3v) is 5.57. The molecule has 0 bridgehead atoms. The van der Waals surface area contributed by atoms with E-state index in [1.165, 1.54) is 12.8 Å². The zero-order chi connectivity index (χ0) is 20.3. The number of benzene rings is 2. The van der Waals surface area contributed by atoms with Crippen molar-refractivity contribution >= 4 is 22.6 Å². The lowest BCUT2D eigenvalue weighted by Gasteiger charge is -2.25. The van der Waals surface area contributed by atoms with E-state index in [1.807, 2.05) is 36.4 Å². The van der Waals surface area contributed by atoms with Crippen LogP contribution in [-0.4, -0.2) is 53.7 Å². The molecule has 3 aromatic rings. The molecule has 0 unspecified atom stereocenters. The summed E-state index contributed by atoms with van der Waals surface area (Å²) in [6, 6.07) is 13.1. The van der Waals surface area contributed by atoms with Gasteiger partial charge in [-0.3, -0.25) is 9.69 Å². The number of nitrogens with one attached hydrogen (secondary N) is 2. The highest BCUT2D eigenvalue weighted by molar-refractivity contribution is 6.06. The summed E-state index contributed by atoms with van der Waals surface area (Å²) in [5, 5.41) is 2.99. The molecule has 30 heavy (non-hydrogen) atoms. The molecule has 7 heteroatoms. The molecular formula is C23H26N4O3. The number of aromatic amines is 1. The zero-order valence-electron chi connectivity index (χ0n) is 16.9. The molecule has 2 aliphatic rings. The molecule has 156 valence electrons. The van der Waals surface area contributed by atoms with Crippen LogP contribution >= 0.6 is 0 Å². The van der Waals surface area contributed by atoms with Crippen LogP contribution in [-0.2, 0) is 11.3 Å². The number of hydrogen-bond donors (Lipinski definition) is 2. The van der Waals surface area contributed by atoms with E-state index in [4.69, 9.17) is 9.47 Å². The van der Waals surface area contributed by atoms with Crippen molar-refractivity contribution in [1.82, 2.24) is 14.9 Å². The fourth-order valence-corrected chi connectivity index (χ4v) is 3.66. The minimum absolute atomic E-state index is 0.172. The molecule has 7 nitrogen and oxygen atoms in total. The van der Waals surface area contributed by atoms with Crippen molar-refractivity contribution < 1.29 is 14.3 Å². The normalized spacial score (nSPS) is 17.2. The molecule has 2 heterocycles. The van der Waals surface area contributed by atoms with Crippen LogP contribution in [0.4, 0.5) is 5.69 Å². The van der Waals surface area contributed by atoms with Gasteiger partial charge in [0.2, 0.25) is 0 Å². The first-order valence-corrected chi connectivity index (χ1v) is 10.6. The number of imidazole rings is 1. The molecule has 2 fully saturated rings. The van der Waals surface area contributed by atoms with Gasteiger partial charge in [0.1, 0.15) is 11.6 Å². The first-order chi connectivity index (χ1) is 14.7. The highest BCUT2D eigenvalue weighted by atomic mass is 16.5. The van der Waals surface area contributed by atoms with Crippen molar-refractivity contribution in [3.05, 3.63) is 53.9 Å². The Morgan fingerprint density at radius 1 is 1.20 bits per heavy atom. The van der Waals surface area contributed by atoms with Gasteiger partial charge < -0.3 is 19.8 Å². The van der Waals surface area contributed by atoms with E-state index in [0.29, 0.717) is 23.8 Å². The predicted molar refractivity (Wildman–Crippen MR) is 115 cm³/mol. The monoisotopic (exact) mass is 406 g/mol. The second-order valence-corrected chi connectivity index (χ2v) is 8.01. The van der Waals surface area contributed by atoms with Gasteiger partial charge >= 0.3 is 0 Å². The molecule has 2 N–H and O–H groups in total. The molecule has 1 aromatic heterocycles. The number of anilines is 1. The summed E-state index contributed by atoms with van der Waals surface area (Å²) in [4.78, 5) is 23.2. The fourth-order valence-electron chi connectivity index (χ4n) is 3.66. The van der Waals surface area contributed by atoms with Crippen molar-refractivity contribution in [3.63, 3.8) is 0 Å². The molecule has 1 saturated heterocycles. The average Bonchev–Trinajstić information content (AvgIpc) is 3.52. The molecule has 2 aromatic carbocycles. The molecule has 1 saturated carbocycles. The van der Waals surface area contributed by atoms with E-state index in [9.17, 15) is 4.79 Å². The first-order valence-electron chi connectivity index (χ1n) is 10.6. The van der Waals surface area contributed by atoms with Crippen molar-refractivity contribution in [2.45, 2.75) is 19.4 Å². The summed E-state index contributed by atoms with van der Waals surface area (Å²) in [5.41, 5.74) is 3.08. The number of ether oxygens (including phenoxy) is 2. The molecule has 1 amide bonds. The minimum atomic E-state index is -0.172. The maximum Gasteiger partial charge on any atom is 0.259 e. The number of amides is 1. The zero-order valence-corrected chi connectivity index (χ0v) is 16.9. The standard InChI is InChI=1S/C23H26N4O3/c28-23(18-3-1-2-4-21(18)30-15-16-5-6-16)24-17-7-8-19-20(13-17)26-22(25-19)14-27-9-11-29-12-10-27/h1-4,7-8,13,16H,5-6,9-12,14-15H2,(H,24,28)(H,25,26). The first kappa shape index (κ1) is 19.1. The third-order valence-electron chi connectivity index (χ3n) is 5.57. The van der Waals surface area contributed by atoms with E-state index >= 15 is 0 Å². The van der Waals surface area contributed by atoms with Gasteiger partial charge in [0.05, 0.1) is 43.0 Å². The summed E-state index contributed by atoms with van der Waals surface area (Å²) >= 11 is 0. The van der Waals surface area contributed by atoms with Crippen molar-refractivity contribution in [2.24, 2.45) is 5.92 Å². The van der Waals surface area contributed by atoms with E-state index in [-0.39, 0.29) is 5.91 Å². The second-order valence-electron chi connectivity index (χ2n) is 8.01. The van der Waals surface area contributed by atoms with E-state index in [2.05, 4.69) is 20.2 Å². The molecule has 0 spiro atoms. The summed E-state index contributed by atoms with van der Waals surface area (Å²) in [5.74, 6) is 2.02. The number of hydrogen-bond acceptors (Lipinski definition) is 5. The van der Waals surface area contributed by atoms with Crippen LogP contribution in [0.1, 0.15) is 29.0 Å². The highest BCUT2D eigenvalue weighted by Gasteiger charge is 2.23. The Labute approximate surface area is 175 Å². The Balaban J connectivity index is 1.28. The van der Waals surface area contributed by atoms with Crippen molar-refractivity contribution in [2.75, 3.05) is 38.2 Å². The van der Waals surface area contributed by atoms with Gasteiger partial charge in [0.15, 0.2) is 0 Å². The highest BCUT2D eigenvalue weighted by Crippen LogP contribution is 2.30. The van der Waals surface area contributed by atoms with Crippen molar-refractivity contribution in [3.8, 4) is 5.75 Å². The van der Waals surface area contributed by atoms with Gasteiger partial charge in [-0.15, -0.1) is 0 Å². The molecule has 0 radical (unpaired) electrons. The topological polar surface area (TPSA) is 79.5 Å². The SMILES string of the molecule is O=C(Nc1ccc2nc(CN3CCOCC3)[nH]c2c1)c1ccccc1OCC1CC1. The minimum Gasteiger partial charge on any atom is -0.492 e. The van der Waals surface area contributed by atoms with Crippen LogP contribution in [0.3, 0.4) is 0 Å². The number of aromatic nitrogens is 2. The van der Waals surface area contributed by atoms with E-state index in [1.54, 1.807) is 6.07 Å². The summed E-state index contributed by atoms with van der Waals surface area (Å²) in [6.45, 7) is 4.81. The quantitative estimate of drug-likeness (QED) is 0.628. The Morgan fingerprint density at radius 3 is 2.87 bits per heavy atom. The van der Waals surface area contributed by atoms with Gasteiger partial charge in [-0.05, 0) is 49.1 Å². The molecular weight excluding hydrogens is 380 g/mol. The van der Waals surface area contributed by atoms with Crippen LogP contribution in [0.25, 0.3) is 11.0 Å². The number of nitrogens with zero attached hydrogens (tertiary/aromatic N) is 2. The lowest BCUT2D eigenvalue weighted by atomic mass is 10.1. The smallest absolute Gasteiger partial charge is 0.259 e. The molecule has 1 aliphatic heterocycles. The number of H-pyrrole nitrogens is 1. The summed E-state index contributed by atoms with van der Waals surface area (Å²) in [7, 11) is 0. The van der Waals surface area contributed by atoms with Crippen molar-refractivity contribution in [1.29, 1.82) is 0 Å². The Morgan fingerprint density at radius 2 is 2.03 bits per heavy atom. The van der Waals surface area contributed by atoms with Gasteiger partial charge in [0, 0.05) is 18.8 Å². The van der Waals surface area contributed by atoms with Gasteiger partial charge in [-0.25, -0.2) is 4.98 Å². The van der Waals surface area contributed by atoms with Crippen LogP contribution in [0, 0.1) is 5.92 Å². The Kier molecular flexibility index (Phi) is 5.38. The predicted octanol–water partition coefficient (Wildman–Crippen LogP) is 3.44. The van der Waals surface area contributed by atoms with E-state index < -0.39 is 0 Å². The van der Waals surface area contributed by atoms with Gasteiger partial charge in [-0.1, -0.05) is 12.1 Å². The Hall–Kier alpha value is -2.90. The number of rotatable bonds is 7. The summed E-state index contributed by atoms with van der Waals surface area (Å²) in [6.07, 6.45) is 2.43. The molecule has 1 aliphatic carbocycles. The lowest BCUT2D eigenvalue weighted by Crippen LogP contribution is -2.35. The van der Waals surface area contributed by atoms with Crippen LogP contribution < -0.4 is 10.1 Å². The van der Waals surface area contributed by atoms with Gasteiger partial charge in [0.25, 0.3) is 5.91 Å². The average molecular weight is 406 g/mol. The largest absolute Gasteiger partial charge is 0.492 e. The summed E-state index contributed by atoms with van der Waals surface area (Å²) < 4.78 is 11.3. The fraction of sp³-hybridized carbons (Fsp3) is 0.391. The molecule has 5 rings (SSSR count). The van der Waals surface area contributed by atoms with E-state index in [0.717, 1.165) is 55.4 Å². The maximum absolute atomic E-state index is 12.9. The maximum atomic E-state index is 12.9.